The van der Waals surface area contributed by atoms with E-state index in [2.05, 4.69) is 31.9 Å². The van der Waals surface area contributed by atoms with E-state index >= 15 is 0 Å². The van der Waals surface area contributed by atoms with Crippen LogP contribution in [-0.4, -0.2) is 0 Å². The zero-order chi connectivity index (χ0) is 10.3. The number of thiophene rings is 1. The smallest absolute Gasteiger partial charge is 0.205 e. The third-order valence-corrected chi connectivity index (χ3v) is 4.28. The van der Waals surface area contributed by atoms with Crippen LogP contribution in [0, 0.1) is 0 Å². The van der Waals surface area contributed by atoms with Crippen molar-refractivity contribution in [1.29, 1.82) is 0 Å². The van der Waals surface area contributed by atoms with Crippen molar-refractivity contribution < 1.29 is 8.78 Å². The van der Waals surface area contributed by atoms with E-state index in [1.54, 1.807) is 6.07 Å². The molecule has 0 atom stereocenters. The van der Waals surface area contributed by atoms with Crippen LogP contribution in [0.3, 0.4) is 0 Å². The van der Waals surface area contributed by atoms with Gasteiger partial charge in [0.05, 0.1) is 0 Å². The largest absolute Gasteiger partial charge is 0.266 e. The third-order valence-electron chi connectivity index (χ3n) is 1.90. The molecule has 0 fully saturated rings. The molecule has 74 valence electrons. The molecule has 0 aliphatic heterocycles. The van der Waals surface area contributed by atoms with Gasteiger partial charge in [-0.3, -0.25) is 0 Å². The Morgan fingerprint density at radius 1 is 1.29 bits per heavy atom. The highest BCUT2D eigenvalue weighted by Crippen LogP contribution is 2.40. The summed E-state index contributed by atoms with van der Waals surface area (Å²) in [6, 6.07) is 3.56. The van der Waals surface area contributed by atoms with E-state index in [0.29, 0.717) is 8.95 Å². The molecule has 0 aliphatic carbocycles. The SMILES string of the molecule is FC(F)c1c(Br)cc2sccc2c1Br. The Kier molecular flexibility index (Phi) is 2.91. The Morgan fingerprint density at radius 2 is 2.00 bits per heavy atom. The molecule has 0 bridgehead atoms. The van der Waals surface area contributed by atoms with Gasteiger partial charge in [-0.25, -0.2) is 8.78 Å². The Labute approximate surface area is 100 Å². The van der Waals surface area contributed by atoms with Crippen molar-refractivity contribution in [2.75, 3.05) is 0 Å². The van der Waals surface area contributed by atoms with E-state index in [1.165, 1.54) is 11.3 Å². The average molecular weight is 342 g/mol. The van der Waals surface area contributed by atoms with Crippen molar-refractivity contribution >= 4 is 53.3 Å². The number of hydrogen-bond acceptors (Lipinski definition) is 1. The molecule has 0 saturated heterocycles. The highest BCUT2D eigenvalue weighted by Gasteiger charge is 2.18. The van der Waals surface area contributed by atoms with Crippen molar-refractivity contribution in [3.05, 3.63) is 32.0 Å². The molecule has 0 nitrogen and oxygen atoms in total. The van der Waals surface area contributed by atoms with Gasteiger partial charge in [-0.2, -0.15) is 0 Å². The Morgan fingerprint density at radius 3 is 2.64 bits per heavy atom. The van der Waals surface area contributed by atoms with E-state index in [-0.39, 0.29) is 5.56 Å². The van der Waals surface area contributed by atoms with E-state index in [9.17, 15) is 8.78 Å². The van der Waals surface area contributed by atoms with Crippen LogP contribution in [-0.2, 0) is 0 Å². The lowest BCUT2D eigenvalue weighted by molar-refractivity contribution is 0.150. The quantitative estimate of drug-likeness (QED) is 0.654. The minimum Gasteiger partial charge on any atom is -0.205 e. The van der Waals surface area contributed by atoms with E-state index in [0.717, 1.165) is 10.1 Å². The van der Waals surface area contributed by atoms with Gasteiger partial charge in [0, 0.05) is 24.6 Å². The molecule has 0 aliphatic rings. The molecule has 5 heteroatoms. The van der Waals surface area contributed by atoms with Gasteiger partial charge in [-0.1, -0.05) is 15.9 Å². The number of hydrogen-bond donors (Lipinski definition) is 0. The highest BCUT2D eigenvalue weighted by molar-refractivity contribution is 9.11. The first kappa shape index (κ1) is 10.5. The molecule has 0 N–H and O–H groups in total. The summed E-state index contributed by atoms with van der Waals surface area (Å²) < 4.78 is 27.3. The lowest BCUT2D eigenvalue weighted by Gasteiger charge is -2.07. The summed E-state index contributed by atoms with van der Waals surface area (Å²) in [4.78, 5) is 0. The zero-order valence-corrected chi connectivity index (χ0v) is 10.7. The lowest BCUT2D eigenvalue weighted by atomic mass is 10.2. The lowest BCUT2D eigenvalue weighted by Crippen LogP contribution is -1.88. The first-order chi connectivity index (χ1) is 6.61. The summed E-state index contributed by atoms with van der Waals surface area (Å²) in [7, 11) is 0. The second kappa shape index (κ2) is 3.87. The van der Waals surface area contributed by atoms with Gasteiger partial charge in [0.15, 0.2) is 0 Å². The van der Waals surface area contributed by atoms with Crippen LogP contribution in [0.25, 0.3) is 10.1 Å². The molecule has 1 aromatic heterocycles. The predicted molar refractivity (Wildman–Crippen MR) is 62.2 cm³/mol. The summed E-state index contributed by atoms with van der Waals surface area (Å²) in [5.41, 5.74) is 0.0240. The molecule has 0 radical (unpaired) electrons. The van der Waals surface area contributed by atoms with E-state index < -0.39 is 6.43 Å². The number of rotatable bonds is 1. The summed E-state index contributed by atoms with van der Waals surface area (Å²) in [6.07, 6.45) is -2.47. The molecule has 0 unspecified atom stereocenters. The Hall–Kier alpha value is -0.000000000000000111. The maximum absolute atomic E-state index is 12.7. The monoisotopic (exact) mass is 340 g/mol. The Balaban J connectivity index is 2.82. The molecule has 14 heavy (non-hydrogen) atoms. The summed E-state index contributed by atoms with van der Waals surface area (Å²) in [5.74, 6) is 0. The van der Waals surface area contributed by atoms with Crippen molar-refractivity contribution in [2.24, 2.45) is 0 Å². The van der Waals surface area contributed by atoms with Gasteiger partial charge >= 0.3 is 0 Å². The minimum absolute atomic E-state index is 0.0240. The summed E-state index contributed by atoms with van der Waals surface area (Å²) in [5, 5.41) is 2.73. The molecular formula is C9H4Br2F2S. The van der Waals surface area contributed by atoms with E-state index in [4.69, 9.17) is 0 Å². The van der Waals surface area contributed by atoms with Gasteiger partial charge in [0.25, 0.3) is 6.43 Å². The Bertz CT molecular complexity index is 479. The summed E-state index contributed by atoms with van der Waals surface area (Å²) in [6.45, 7) is 0. The average Bonchev–Trinajstić information content (AvgIpc) is 2.50. The van der Waals surface area contributed by atoms with Gasteiger partial charge < -0.3 is 0 Å². The number of fused-ring (bicyclic) bond motifs is 1. The maximum Gasteiger partial charge on any atom is 0.266 e. The molecule has 0 saturated carbocycles. The van der Waals surface area contributed by atoms with Crippen molar-refractivity contribution in [3.63, 3.8) is 0 Å². The topological polar surface area (TPSA) is 0 Å². The first-order valence-electron chi connectivity index (χ1n) is 3.74. The van der Waals surface area contributed by atoms with Gasteiger partial charge in [0.1, 0.15) is 0 Å². The molecule has 0 amide bonds. The zero-order valence-electron chi connectivity index (χ0n) is 6.73. The van der Waals surface area contributed by atoms with Crippen molar-refractivity contribution in [3.8, 4) is 0 Å². The molecular weight excluding hydrogens is 338 g/mol. The van der Waals surface area contributed by atoms with Crippen LogP contribution < -0.4 is 0 Å². The molecule has 0 spiro atoms. The third kappa shape index (κ3) is 1.61. The fraction of sp³-hybridized carbons (Fsp3) is 0.111. The van der Waals surface area contributed by atoms with Gasteiger partial charge in [-0.15, -0.1) is 11.3 Å². The number of alkyl halides is 2. The standard InChI is InChI=1S/C9H4Br2F2S/c10-5-3-6-4(1-2-14-6)8(11)7(5)9(12)13/h1-3,9H. The predicted octanol–water partition coefficient (Wildman–Crippen LogP) is 5.36. The second-order valence-electron chi connectivity index (χ2n) is 2.72. The van der Waals surface area contributed by atoms with Gasteiger partial charge in [-0.05, 0) is 33.4 Å². The van der Waals surface area contributed by atoms with Crippen LogP contribution in [0.5, 0.6) is 0 Å². The fourth-order valence-corrected chi connectivity index (χ4v) is 3.97. The first-order valence-corrected chi connectivity index (χ1v) is 6.21. The maximum atomic E-state index is 12.7. The van der Waals surface area contributed by atoms with Crippen LogP contribution in [0.1, 0.15) is 12.0 Å². The van der Waals surface area contributed by atoms with Crippen LogP contribution in [0.15, 0.2) is 26.5 Å². The fourth-order valence-electron chi connectivity index (χ4n) is 1.26. The highest BCUT2D eigenvalue weighted by atomic mass is 79.9. The minimum atomic E-state index is -2.47. The van der Waals surface area contributed by atoms with Gasteiger partial charge in [0.2, 0.25) is 0 Å². The molecule has 2 rings (SSSR count). The molecule has 1 aromatic carbocycles. The second-order valence-corrected chi connectivity index (χ2v) is 5.31. The normalized spacial score (nSPS) is 11.5. The van der Waals surface area contributed by atoms with Crippen LogP contribution >= 0.6 is 43.2 Å². The number of halogens is 4. The van der Waals surface area contributed by atoms with Crippen molar-refractivity contribution in [1.82, 2.24) is 0 Å². The van der Waals surface area contributed by atoms with Crippen molar-refractivity contribution in [2.45, 2.75) is 6.43 Å². The molecule has 1 heterocycles. The summed E-state index contributed by atoms with van der Waals surface area (Å²) >= 11 is 7.89. The van der Waals surface area contributed by atoms with E-state index in [1.807, 2.05) is 11.4 Å². The van der Waals surface area contributed by atoms with Crippen LogP contribution in [0.2, 0.25) is 0 Å². The number of benzene rings is 1. The molecule has 2 aromatic rings. The van der Waals surface area contributed by atoms with Crippen LogP contribution in [0.4, 0.5) is 8.78 Å².